The van der Waals surface area contributed by atoms with E-state index in [0.29, 0.717) is 24.5 Å². The summed E-state index contributed by atoms with van der Waals surface area (Å²) in [6.45, 7) is 9.31. The van der Waals surface area contributed by atoms with Crippen molar-refractivity contribution in [3.8, 4) is 5.75 Å². The predicted octanol–water partition coefficient (Wildman–Crippen LogP) is 2.85. The molecule has 25 heavy (non-hydrogen) atoms. The van der Waals surface area contributed by atoms with Gasteiger partial charge in [-0.15, -0.1) is 24.0 Å². The van der Waals surface area contributed by atoms with Gasteiger partial charge in [0.15, 0.2) is 17.5 Å². The van der Waals surface area contributed by atoms with Gasteiger partial charge in [0.25, 0.3) is 0 Å². The van der Waals surface area contributed by atoms with Gasteiger partial charge in [0, 0.05) is 38.8 Å². The Morgan fingerprint density at radius 3 is 2.64 bits per heavy atom. The Morgan fingerprint density at radius 1 is 1.40 bits per heavy atom. The summed E-state index contributed by atoms with van der Waals surface area (Å²) in [6.07, 6.45) is 0. The minimum atomic E-state index is -0.350. The molecule has 0 amide bonds. The van der Waals surface area contributed by atoms with E-state index in [2.05, 4.69) is 41.3 Å². The van der Waals surface area contributed by atoms with Crippen molar-refractivity contribution in [1.29, 1.82) is 0 Å². The van der Waals surface area contributed by atoms with Crippen LogP contribution in [-0.2, 0) is 6.54 Å². The van der Waals surface area contributed by atoms with Crippen LogP contribution in [0.5, 0.6) is 5.75 Å². The lowest BCUT2D eigenvalue weighted by atomic mass is 10.1. The minimum absolute atomic E-state index is 0. The fraction of sp³-hybridized carbons (Fsp3) is 0.611. The highest BCUT2D eigenvalue weighted by Gasteiger charge is 2.31. The Bertz CT molecular complexity index is 582. The van der Waals surface area contributed by atoms with E-state index in [1.807, 2.05) is 6.07 Å². The van der Waals surface area contributed by atoms with Gasteiger partial charge in [-0.2, -0.15) is 0 Å². The summed E-state index contributed by atoms with van der Waals surface area (Å²) in [5, 5.41) is 6.74. The van der Waals surface area contributed by atoms with Gasteiger partial charge >= 0.3 is 0 Å². The highest BCUT2D eigenvalue weighted by Crippen LogP contribution is 2.19. The van der Waals surface area contributed by atoms with E-state index < -0.39 is 0 Å². The van der Waals surface area contributed by atoms with Crippen LogP contribution in [0.4, 0.5) is 4.39 Å². The summed E-state index contributed by atoms with van der Waals surface area (Å²) in [5.41, 5.74) is 0.847. The smallest absolute Gasteiger partial charge is 0.191 e. The zero-order chi connectivity index (χ0) is 17.7. The van der Waals surface area contributed by atoms with Gasteiger partial charge in [-0.25, -0.2) is 4.39 Å². The molecule has 1 aliphatic rings. The molecule has 0 aromatic heterocycles. The Morgan fingerprint density at radius 2 is 2.12 bits per heavy atom. The second-order valence-electron chi connectivity index (χ2n) is 6.67. The van der Waals surface area contributed by atoms with Gasteiger partial charge in [-0.05, 0) is 37.5 Å². The van der Waals surface area contributed by atoms with Crippen LogP contribution in [0.15, 0.2) is 23.2 Å². The van der Waals surface area contributed by atoms with Gasteiger partial charge in [0.05, 0.1) is 7.11 Å². The normalized spacial score (nSPS) is 21.2. The second kappa shape index (κ2) is 10.2. The number of guanidine groups is 1. The van der Waals surface area contributed by atoms with Crippen LogP contribution in [0.2, 0.25) is 0 Å². The summed E-state index contributed by atoms with van der Waals surface area (Å²) < 4.78 is 18.7. The predicted molar refractivity (Wildman–Crippen MR) is 111 cm³/mol. The molecule has 0 bridgehead atoms. The average molecular weight is 464 g/mol. The largest absolute Gasteiger partial charge is 0.494 e. The molecule has 142 valence electrons. The van der Waals surface area contributed by atoms with E-state index in [1.165, 1.54) is 13.2 Å². The van der Waals surface area contributed by atoms with Crippen LogP contribution in [-0.4, -0.2) is 50.2 Å². The zero-order valence-electron chi connectivity index (χ0n) is 15.7. The van der Waals surface area contributed by atoms with Crippen LogP contribution < -0.4 is 15.4 Å². The number of rotatable bonds is 5. The van der Waals surface area contributed by atoms with Gasteiger partial charge in [0.1, 0.15) is 0 Å². The van der Waals surface area contributed by atoms with Crippen LogP contribution >= 0.6 is 24.0 Å². The highest BCUT2D eigenvalue weighted by molar-refractivity contribution is 14.0. The lowest BCUT2D eigenvalue weighted by molar-refractivity contribution is 0.265. The molecule has 0 saturated carbocycles. The maximum absolute atomic E-state index is 13.8. The molecule has 0 aliphatic carbocycles. The number of halogens is 2. The number of ether oxygens (including phenoxy) is 1. The van der Waals surface area contributed by atoms with Gasteiger partial charge in [0.2, 0.25) is 0 Å². The van der Waals surface area contributed by atoms with Crippen LogP contribution in [0.1, 0.15) is 26.3 Å². The van der Waals surface area contributed by atoms with E-state index in [4.69, 9.17) is 4.74 Å². The second-order valence-corrected chi connectivity index (χ2v) is 6.67. The number of nitrogens with one attached hydrogen (secondary N) is 2. The molecule has 1 aromatic rings. The number of benzene rings is 1. The summed E-state index contributed by atoms with van der Waals surface area (Å²) in [7, 11) is 3.22. The van der Waals surface area contributed by atoms with Gasteiger partial charge in [-0.1, -0.05) is 13.0 Å². The highest BCUT2D eigenvalue weighted by atomic mass is 127. The first kappa shape index (κ1) is 22.0. The summed E-state index contributed by atoms with van der Waals surface area (Å²) in [5.74, 6) is 1.21. The van der Waals surface area contributed by atoms with E-state index in [9.17, 15) is 4.39 Å². The number of methoxy groups -OCH3 is 1. The van der Waals surface area contributed by atoms with E-state index in [0.717, 1.165) is 24.6 Å². The Balaban J connectivity index is 0.00000312. The third-order valence-electron chi connectivity index (χ3n) is 4.59. The van der Waals surface area contributed by atoms with Crippen molar-refractivity contribution < 1.29 is 9.13 Å². The number of likely N-dealkylation sites (tertiary alicyclic amines) is 1. The molecule has 0 spiro atoms. The van der Waals surface area contributed by atoms with Crippen molar-refractivity contribution in [2.24, 2.45) is 10.9 Å². The van der Waals surface area contributed by atoms with Crippen molar-refractivity contribution in [1.82, 2.24) is 15.5 Å². The molecule has 1 heterocycles. The molecule has 1 aliphatic heterocycles. The Labute approximate surface area is 167 Å². The van der Waals surface area contributed by atoms with Crippen LogP contribution in [0.3, 0.4) is 0 Å². The fourth-order valence-electron chi connectivity index (χ4n) is 2.99. The van der Waals surface area contributed by atoms with Crippen molar-refractivity contribution in [3.63, 3.8) is 0 Å². The Kier molecular flexibility index (Phi) is 8.92. The van der Waals surface area contributed by atoms with Gasteiger partial charge < -0.3 is 15.4 Å². The summed E-state index contributed by atoms with van der Waals surface area (Å²) in [4.78, 5) is 6.75. The zero-order valence-corrected chi connectivity index (χ0v) is 18.0. The molecule has 5 nitrogen and oxygen atoms in total. The molecule has 1 fully saturated rings. The van der Waals surface area contributed by atoms with Crippen molar-refractivity contribution in [2.45, 2.75) is 39.4 Å². The van der Waals surface area contributed by atoms with Crippen molar-refractivity contribution in [3.05, 3.63) is 29.6 Å². The first-order valence-electron chi connectivity index (χ1n) is 8.48. The SMILES string of the molecule is CN=C(NCc1ccc(OC)c(F)c1)NC1CN(C(C)C)CC1C.I. The van der Waals surface area contributed by atoms with Crippen LogP contribution in [0, 0.1) is 11.7 Å². The van der Waals surface area contributed by atoms with E-state index in [-0.39, 0.29) is 35.5 Å². The molecule has 7 heteroatoms. The standard InChI is InChI=1S/C18H29FN4O.HI/c1-12(2)23-10-13(3)16(11-23)22-18(20-4)21-9-14-6-7-17(24-5)15(19)8-14;/h6-8,12-13,16H,9-11H2,1-5H3,(H2,20,21,22);1H. The lowest BCUT2D eigenvalue weighted by Crippen LogP contribution is -2.46. The van der Waals surface area contributed by atoms with E-state index >= 15 is 0 Å². The first-order valence-corrected chi connectivity index (χ1v) is 8.48. The maximum atomic E-state index is 13.8. The van der Waals surface area contributed by atoms with Crippen LogP contribution in [0.25, 0.3) is 0 Å². The molecule has 0 radical (unpaired) electrons. The molecular formula is C18H30FIN4O. The maximum Gasteiger partial charge on any atom is 0.191 e. The molecule has 2 N–H and O–H groups in total. The molecule has 1 aromatic carbocycles. The Hall–Kier alpha value is -1.09. The number of nitrogens with zero attached hydrogens (tertiary/aromatic N) is 2. The average Bonchev–Trinajstić information content (AvgIpc) is 2.92. The first-order chi connectivity index (χ1) is 11.4. The number of aliphatic imine (C=N–C) groups is 1. The topological polar surface area (TPSA) is 48.9 Å². The fourth-order valence-corrected chi connectivity index (χ4v) is 2.99. The summed E-state index contributed by atoms with van der Waals surface area (Å²) >= 11 is 0. The molecular weight excluding hydrogens is 434 g/mol. The van der Waals surface area contributed by atoms with Crippen molar-refractivity contribution >= 4 is 29.9 Å². The van der Waals surface area contributed by atoms with E-state index in [1.54, 1.807) is 13.1 Å². The molecule has 2 rings (SSSR count). The third kappa shape index (κ3) is 5.99. The van der Waals surface area contributed by atoms with Crippen molar-refractivity contribution in [2.75, 3.05) is 27.2 Å². The number of hydrogen-bond donors (Lipinski definition) is 2. The quantitative estimate of drug-likeness (QED) is 0.400. The lowest BCUT2D eigenvalue weighted by Gasteiger charge is -2.22. The molecule has 1 saturated heterocycles. The van der Waals surface area contributed by atoms with Gasteiger partial charge in [-0.3, -0.25) is 9.89 Å². The molecule has 2 unspecified atom stereocenters. The number of hydrogen-bond acceptors (Lipinski definition) is 3. The minimum Gasteiger partial charge on any atom is -0.494 e. The monoisotopic (exact) mass is 464 g/mol. The third-order valence-corrected chi connectivity index (χ3v) is 4.59. The molecule has 2 atom stereocenters. The summed E-state index contributed by atoms with van der Waals surface area (Å²) in [6, 6.07) is 5.89.